The Bertz CT molecular complexity index is 1030. The number of benzene rings is 3. The van der Waals surface area contributed by atoms with E-state index in [0.29, 0.717) is 0 Å². The smallest absolute Gasteiger partial charge is 0.131 e. The standard InChI is InChI=1S/C26H28N2O3/c1-29-24-7-6-8-25(18-24)31-23-13-10-21(11-14-23)27-19-20-9-12-22(17-26(20)30-2)28-15-4-3-5-16-28/h6-14,17-19H,3-5,15-16H2,1-2H3. The highest BCUT2D eigenvalue weighted by atomic mass is 16.5. The van der Waals surface area contributed by atoms with Gasteiger partial charge in [-0.3, -0.25) is 4.99 Å². The van der Waals surface area contributed by atoms with E-state index in [1.807, 2.05) is 54.7 Å². The maximum atomic E-state index is 5.89. The molecule has 0 aromatic heterocycles. The number of piperidine rings is 1. The predicted octanol–water partition coefficient (Wildman–Crippen LogP) is 6.24. The number of anilines is 1. The van der Waals surface area contributed by atoms with E-state index in [9.17, 15) is 0 Å². The van der Waals surface area contributed by atoms with Crippen molar-refractivity contribution in [2.45, 2.75) is 19.3 Å². The van der Waals surface area contributed by atoms with Gasteiger partial charge in [-0.1, -0.05) is 6.07 Å². The third-order valence-corrected chi connectivity index (χ3v) is 5.40. The number of ether oxygens (including phenoxy) is 3. The van der Waals surface area contributed by atoms with E-state index in [1.54, 1.807) is 14.2 Å². The van der Waals surface area contributed by atoms with Gasteiger partial charge in [-0.05, 0) is 67.8 Å². The van der Waals surface area contributed by atoms with Gasteiger partial charge < -0.3 is 19.1 Å². The van der Waals surface area contributed by atoms with Gasteiger partial charge >= 0.3 is 0 Å². The molecule has 0 amide bonds. The second-order valence-corrected chi connectivity index (χ2v) is 7.51. The van der Waals surface area contributed by atoms with Crippen LogP contribution in [-0.2, 0) is 0 Å². The first-order chi connectivity index (χ1) is 15.2. The Morgan fingerprint density at radius 2 is 1.55 bits per heavy atom. The number of nitrogens with zero attached hydrogens (tertiary/aromatic N) is 2. The molecule has 5 heteroatoms. The lowest BCUT2D eigenvalue weighted by Gasteiger charge is -2.29. The van der Waals surface area contributed by atoms with Crippen LogP contribution in [0.4, 0.5) is 11.4 Å². The van der Waals surface area contributed by atoms with Gasteiger partial charge in [-0.25, -0.2) is 0 Å². The van der Waals surface area contributed by atoms with Crippen molar-refractivity contribution in [3.63, 3.8) is 0 Å². The zero-order chi connectivity index (χ0) is 21.5. The first kappa shape index (κ1) is 20.8. The maximum Gasteiger partial charge on any atom is 0.131 e. The van der Waals surface area contributed by atoms with Gasteiger partial charge in [-0.2, -0.15) is 0 Å². The van der Waals surface area contributed by atoms with Crippen LogP contribution < -0.4 is 19.1 Å². The molecule has 31 heavy (non-hydrogen) atoms. The molecule has 5 nitrogen and oxygen atoms in total. The van der Waals surface area contributed by atoms with Crippen LogP contribution in [0.5, 0.6) is 23.0 Å². The van der Waals surface area contributed by atoms with Crippen molar-refractivity contribution in [2.24, 2.45) is 4.99 Å². The second kappa shape index (κ2) is 10.0. The topological polar surface area (TPSA) is 43.3 Å². The first-order valence-corrected chi connectivity index (χ1v) is 10.6. The van der Waals surface area contributed by atoms with E-state index in [4.69, 9.17) is 14.2 Å². The minimum absolute atomic E-state index is 0.731. The van der Waals surface area contributed by atoms with Crippen LogP contribution in [0.2, 0.25) is 0 Å². The highest BCUT2D eigenvalue weighted by Gasteiger charge is 2.12. The van der Waals surface area contributed by atoms with Gasteiger partial charge in [-0.15, -0.1) is 0 Å². The van der Waals surface area contributed by atoms with E-state index in [-0.39, 0.29) is 0 Å². The van der Waals surface area contributed by atoms with Crippen molar-refractivity contribution < 1.29 is 14.2 Å². The first-order valence-electron chi connectivity index (χ1n) is 10.6. The summed E-state index contributed by atoms with van der Waals surface area (Å²) >= 11 is 0. The average Bonchev–Trinajstić information content (AvgIpc) is 2.84. The number of rotatable bonds is 7. The largest absolute Gasteiger partial charge is 0.497 e. The molecule has 1 aliphatic heterocycles. The van der Waals surface area contributed by atoms with Gasteiger partial charge in [0.1, 0.15) is 23.0 Å². The molecule has 160 valence electrons. The quantitative estimate of drug-likeness (QED) is 0.428. The fourth-order valence-electron chi connectivity index (χ4n) is 3.70. The molecule has 0 saturated carbocycles. The van der Waals surface area contributed by atoms with Crippen LogP contribution in [0.25, 0.3) is 0 Å². The average molecular weight is 417 g/mol. The highest BCUT2D eigenvalue weighted by Crippen LogP contribution is 2.29. The number of hydrogen-bond donors (Lipinski definition) is 0. The van der Waals surface area contributed by atoms with E-state index in [1.165, 1.54) is 24.9 Å². The zero-order valence-electron chi connectivity index (χ0n) is 18.1. The fraction of sp³-hybridized carbons (Fsp3) is 0.269. The van der Waals surface area contributed by atoms with Crippen LogP contribution in [0.3, 0.4) is 0 Å². The second-order valence-electron chi connectivity index (χ2n) is 7.51. The SMILES string of the molecule is COc1cccc(Oc2ccc(N=Cc3ccc(N4CCCCC4)cc3OC)cc2)c1. The molecule has 3 aromatic rings. The Morgan fingerprint density at radius 1 is 0.774 bits per heavy atom. The summed E-state index contributed by atoms with van der Waals surface area (Å²) in [4.78, 5) is 7.03. The summed E-state index contributed by atoms with van der Waals surface area (Å²) in [5.41, 5.74) is 3.02. The molecule has 0 spiro atoms. The van der Waals surface area contributed by atoms with Crippen LogP contribution in [0, 0.1) is 0 Å². The van der Waals surface area contributed by atoms with Crippen molar-refractivity contribution in [1.82, 2.24) is 0 Å². The minimum Gasteiger partial charge on any atom is -0.497 e. The molecular formula is C26H28N2O3. The lowest BCUT2D eigenvalue weighted by molar-refractivity contribution is 0.409. The number of aliphatic imine (C=N–C) groups is 1. The molecule has 0 aliphatic carbocycles. The Morgan fingerprint density at radius 3 is 2.29 bits per heavy atom. The van der Waals surface area contributed by atoms with Gasteiger partial charge in [0, 0.05) is 42.7 Å². The molecule has 3 aromatic carbocycles. The number of methoxy groups -OCH3 is 2. The van der Waals surface area contributed by atoms with Crippen molar-refractivity contribution in [2.75, 3.05) is 32.2 Å². The van der Waals surface area contributed by atoms with Gasteiger partial charge in [0.15, 0.2) is 0 Å². The van der Waals surface area contributed by atoms with Crippen LogP contribution in [-0.4, -0.2) is 33.5 Å². The summed E-state index contributed by atoms with van der Waals surface area (Å²) in [5, 5.41) is 0. The molecule has 0 unspecified atom stereocenters. The maximum absolute atomic E-state index is 5.89. The summed E-state index contributed by atoms with van der Waals surface area (Å²) in [6.07, 6.45) is 5.67. The van der Waals surface area contributed by atoms with E-state index < -0.39 is 0 Å². The molecule has 0 radical (unpaired) electrons. The van der Waals surface area contributed by atoms with Gasteiger partial charge in [0.25, 0.3) is 0 Å². The summed E-state index contributed by atoms with van der Waals surface area (Å²) < 4.78 is 16.7. The lowest BCUT2D eigenvalue weighted by Crippen LogP contribution is -2.29. The summed E-state index contributed by atoms with van der Waals surface area (Å²) in [7, 11) is 3.35. The van der Waals surface area contributed by atoms with Crippen molar-refractivity contribution in [3.8, 4) is 23.0 Å². The zero-order valence-corrected chi connectivity index (χ0v) is 18.1. The Hall–Kier alpha value is -3.47. The van der Waals surface area contributed by atoms with E-state index >= 15 is 0 Å². The normalized spacial score (nSPS) is 13.9. The van der Waals surface area contributed by atoms with Crippen LogP contribution in [0.15, 0.2) is 71.7 Å². The molecule has 4 rings (SSSR count). The fourth-order valence-corrected chi connectivity index (χ4v) is 3.70. The number of hydrogen-bond acceptors (Lipinski definition) is 5. The Balaban J connectivity index is 1.44. The van der Waals surface area contributed by atoms with Crippen LogP contribution in [0.1, 0.15) is 24.8 Å². The Kier molecular flexibility index (Phi) is 6.72. The van der Waals surface area contributed by atoms with Crippen molar-refractivity contribution >= 4 is 17.6 Å². The molecule has 1 fully saturated rings. The highest BCUT2D eigenvalue weighted by molar-refractivity contribution is 5.86. The third kappa shape index (κ3) is 5.37. The van der Waals surface area contributed by atoms with Crippen LogP contribution >= 0.6 is 0 Å². The molecular weight excluding hydrogens is 388 g/mol. The van der Waals surface area contributed by atoms with Crippen molar-refractivity contribution in [3.05, 3.63) is 72.3 Å². The Labute approximate surface area is 183 Å². The molecule has 0 bridgehead atoms. The monoisotopic (exact) mass is 416 g/mol. The predicted molar refractivity (Wildman–Crippen MR) is 126 cm³/mol. The van der Waals surface area contributed by atoms with E-state index in [0.717, 1.165) is 47.3 Å². The minimum atomic E-state index is 0.731. The molecule has 0 N–H and O–H groups in total. The third-order valence-electron chi connectivity index (χ3n) is 5.40. The van der Waals surface area contributed by atoms with Crippen molar-refractivity contribution in [1.29, 1.82) is 0 Å². The molecule has 1 aliphatic rings. The molecule has 0 atom stereocenters. The summed E-state index contributed by atoms with van der Waals surface area (Å²) in [6.45, 7) is 2.22. The summed E-state index contributed by atoms with van der Waals surface area (Å²) in [5.74, 6) is 3.08. The molecule has 1 heterocycles. The summed E-state index contributed by atoms with van der Waals surface area (Å²) in [6, 6.07) is 21.5. The lowest BCUT2D eigenvalue weighted by atomic mass is 10.1. The molecule has 1 saturated heterocycles. The van der Waals surface area contributed by atoms with Gasteiger partial charge in [0.05, 0.1) is 19.9 Å². The van der Waals surface area contributed by atoms with Gasteiger partial charge in [0.2, 0.25) is 0 Å². The van der Waals surface area contributed by atoms with E-state index in [2.05, 4.69) is 28.1 Å².